The zero-order chi connectivity index (χ0) is 18.6. The van der Waals surface area contributed by atoms with Crippen molar-refractivity contribution < 1.29 is 9.53 Å². The van der Waals surface area contributed by atoms with Gasteiger partial charge in [0.25, 0.3) is 5.91 Å². The molecule has 1 aliphatic rings. The van der Waals surface area contributed by atoms with Crippen LogP contribution in [0.25, 0.3) is 11.5 Å². The lowest BCUT2D eigenvalue weighted by atomic mass is 10.2. The summed E-state index contributed by atoms with van der Waals surface area (Å²) in [6.07, 6.45) is 1.13. The Morgan fingerprint density at radius 2 is 1.93 bits per heavy atom. The first kappa shape index (κ1) is 16.6. The van der Waals surface area contributed by atoms with Gasteiger partial charge in [-0.3, -0.25) is 20.2 Å². The maximum absolute atomic E-state index is 12.6. The van der Waals surface area contributed by atoms with Gasteiger partial charge in [-0.25, -0.2) is 9.98 Å². The van der Waals surface area contributed by atoms with Crippen LogP contribution in [-0.2, 0) is 9.53 Å². The van der Waals surface area contributed by atoms with Gasteiger partial charge in [-0.1, -0.05) is 36.4 Å². The van der Waals surface area contributed by atoms with Crippen LogP contribution in [0.3, 0.4) is 0 Å². The molecule has 0 fully saturated rings. The summed E-state index contributed by atoms with van der Waals surface area (Å²) >= 11 is 0. The molecule has 1 amide bonds. The number of amides is 1. The summed E-state index contributed by atoms with van der Waals surface area (Å²) in [6.45, 7) is 0. The lowest BCUT2D eigenvalue weighted by Crippen LogP contribution is -2.29. The minimum Gasteiger partial charge on any atom is -0.480 e. The Bertz CT molecular complexity index is 1010. The second kappa shape index (κ2) is 7.16. The summed E-state index contributed by atoms with van der Waals surface area (Å²) in [4.78, 5) is 29.7. The Morgan fingerprint density at radius 1 is 1.11 bits per heavy atom. The molecule has 1 unspecified atom stereocenters. The van der Waals surface area contributed by atoms with E-state index in [4.69, 9.17) is 4.74 Å². The number of aromatic nitrogens is 4. The van der Waals surface area contributed by atoms with Crippen molar-refractivity contribution in [2.24, 2.45) is 9.98 Å². The summed E-state index contributed by atoms with van der Waals surface area (Å²) in [5.74, 6) is 0.228. The summed E-state index contributed by atoms with van der Waals surface area (Å²) in [6, 6.07) is 14.9. The number of methoxy groups -OCH3 is 1. The molecule has 0 saturated carbocycles. The first-order chi connectivity index (χ1) is 13.2. The van der Waals surface area contributed by atoms with E-state index in [0.29, 0.717) is 11.5 Å². The van der Waals surface area contributed by atoms with E-state index in [9.17, 15) is 4.79 Å². The Morgan fingerprint density at radius 3 is 2.67 bits per heavy atom. The van der Waals surface area contributed by atoms with Gasteiger partial charge in [0.15, 0.2) is 17.7 Å². The van der Waals surface area contributed by atoms with Crippen molar-refractivity contribution in [1.82, 2.24) is 20.2 Å². The standard InChI is InChI=1S/C18H15N7O2/c1-27-17-13(20-14(21-17)11-7-3-2-4-8-11)16(26)23-18-22-15(24-25-18)12-9-5-6-10-19-12/h2-10,14H,1H3,(H2,22,23,24,25,26). The number of carbonyl (C=O) groups excluding carboxylic acids is 1. The number of hydrogen-bond donors (Lipinski definition) is 2. The molecule has 0 spiro atoms. The van der Waals surface area contributed by atoms with E-state index in [-0.39, 0.29) is 17.6 Å². The van der Waals surface area contributed by atoms with Crippen LogP contribution in [0.5, 0.6) is 0 Å². The van der Waals surface area contributed by atoms with Gasteiger partial charge in [0, 0.05) is 6.20 Å². The molecule has 4 rings (SSSR count). The second-order valence-corrected chi connectivity index (χ2v) is 5.58. The van der Waals surface area contributed by atoms with E-state index >= 15 is 0 Å². The summed E-state index contributed by atoms with van der Waals surface area (Å²) < 4.78 is 5.21. The SMILES string of the molecule is COC1=NC(c2ccccc2)N=C1C(=O)Nc1n[nH]c(-c2ccccn2)n1. The van der Waals surface area contributed by atoms with Crippen LogP contribution >= 0.6 is 0 Å². The fourth-order valence-electron chi connectivity index (χ4n) is 2.55. The van der Waals surface area contributed by atoms with Gasteiger partial charge in [-0.2, -0.15) is 4.98 Å². The minimum atomic E-state index is -0.516. The third-order valence-corrected chi connectivity index (χ3v) is 3.82. The second-order valence-electron chi connectivity index (χ2n) is 5.58. The van der Waals surface area contributed by atoms with Crippen LogP contribution in [0.15, 0.2) is 64.7 Å². The monoisotopic (exact) mass is 361 g/mol. The van der Waals surface area contributed by atoms with Crippen LogP contribution in [0.4, 0.5) is 5.95 Å². The number of nitrogens with zero attached hydrogens (tertiary/aromatic N) is 5. The third kappa shape index (κ3) is 3.43. The number of anilines is 1. The van der Waals surface area contributed by atoms with E-state index in [0.717, 1.165) is 5.56 Å². The molecule has 3 aromatic rings. The van der Waals surface area contributed by atoms with Crippen molar-refractivity contribution >= 4 is 23.5 Å². The highest BCUT2D eigenvalue weighted by atomic mass is 16.5. The van der Waals surface area contributed by atoms with Crippen LogP contribution in [0.1, 0.15) is 11.7 Å². The van der Waals surface area contributed by atoms with E-state index in [1.165, 1.54) is 7.11 Å². The number of benzene rings is 1. The van der Waals surface area contributed by atoms with Crippen molar-refractivity contribution in [2.45, 2.75) is 6.17 Å². The highest BCUT2D eigenvalue weighted by molar-refractivity contribution is 6.67. The molecule has 27 heavy (non-hydrogen) atoms. The lowest BCUT2D eigenvalue weighted by molar-refractivity contribution is -0.110. The molecule has 1 aliphatic heterocycles. The van der Waals surface area contributed by atoms with Gasteiger partial charge in [-0.15, -0.1) is 5.10 Å². The normalized spacial score (nSPS) is 15.8. The van der Waals surface area contributed by atoms with E-state index in [2.05, 4.69) is 35.5 Å². The molecular weight excluding hydrogens is 346 g/mol. The molecule has 2 N–H and O–H groups in total. The number of hydrogen-bond acceptors (Lipinski definition) is 7. The molecule has 0 radical (unpaired) electrons. The molecule has 3 heterocycles. The van der Waals surface area contributed by atoms with Gasteiger partial charge in [0.2, 0.25) is 11.8 Å². The number of nitrogens with one attached hydrogen (secondary N) is 2. The maximum atomic E-state index is 12.6. The quantitative estimate of drug-likeness (QED) is 0.737. The molecule has 2 aromatic heterocycles. The third-order valence-electron chi connectivity index (χ3n) is 3.82. The number of carbonyl (C=O) groups is 1. The van der Waals surface area contributed by atoms with E-state index in [1.54, 1.807) is 18.3 Å². The molecule has 0 bridgehead atoms. The highest BCUT2D eigenvalue weighted by Gasteiger charge is 2.29. The van der Waals surface area contributed by atoms with E-state index < -0.39 is 12.1 Å². The number of pyridine rings is 1. The van der Waals surface area contributed by atoms with Gasteiger partial charge >= 0.3 is 0 Å². The first-order valence-electron chi connectivity index (χ1n) is 8.14. The smallest absolute Gasteiger partial charge is 0.281 e. The van der Waals surface area contributed by atoms with Crippen molar-refractivity contribution in [3.05, 3.63) is 60.3 Å². The van der Waals surface area contributed by atoms with Gasteiger partial charge < -0.3 is 4.74 Å². The lowest BCUT2D eigenvalue weighted by Gasteiger charge is -2.02. The molecule has 1 atom stereocenters. The first-order valence-corrected chi connectivity index (χ1v) is 8.14. The summed E-state index contributed by atoms with van der Waals surface area (Å²) in [7, 11) is 1.45. The largest absolute Gasteiger partial charge is 0.480 e. The number of aromatic amines is 1. The predicted octanol–water partition coefficient (Wildman–Crippen LogP) is 2.00. The number of rotatable bonds is 4. The Labute approximate surface area is 154 Å². The molecule has 0 saturated heterocycles. The number of H-pyrrole nitrogens is 1. The van der Waals surface area contributed by atoms with Gasteiger partial charge in [-0.05, 0) is 17.7 Å². The van der Waals surface area contributed by atoms with Gasteiger partial charge in [0.1, 0.15) is 5.69 Å². The van der Waals surface area contributed by atoms with Gasteiger partial charge in [0.05, 0.1) is 7.11 Å². The average molecular weight is 361 g/mol. The molecule has 134 valence electrons. The zero-order valence-corrected chi connectivity index (χ0v) is 14.3. The average Bonchev–Trinajstić information content (AvgIpc) is 3.36. The maximum Gasteiger partial charge on any atom is 0.281 e. The number of ether oxygens (including phenoxy) is 1. The van der Waals surface area contributed by atoms with E-state index in [1.807, 2.05) is 36.4 Å². The molecule has 9 nitrogen and oxygen atoms in total. The van der Waals surface area contributed by atoms with Crippen molar-refractivity contribution in [3.8, 4) is 11.5 Å². The van der Waals surface area contributed by atoms with Crippen LogP contribution < -0.4 is 5.32 Å². The fourth-order valence-corrected chi connectivity index (χ4v) is 2.55. The summed E-state index contributed by atoms with van der Waals surface area (Å²) in [5.41, 5.74) is 1.58. The Hall–Kier alpha value is -3.88. The molecule has 9 heteroatoms. The van der Waals surface area contributed by atoms with Crippen LogP contribution in [0, 0.1) is 0 Å². The molecular formula is C18H15N7O2. The highest BCUT2D eigenvalue weighted by Crippen LogP contribution is 2.24. The summed E-state index contributed by atoms with van der Waals surface area (Å²) in [5, 5.41) is 9.32. The fraction of sp³-hybridized carbons (Fsp3) is 0.111. The zero-order valence-electron chi connectivity index (χ0n) is 14.3. The topological polar surface area (TPSA) is 118 Å². The Balaban J connectivity index is 1.53. The van der Waals surface area contributed by atoms with Crippen molar-refractivity contribution in [1.29, 1.82) is 0 Å². The van der Waals surface area contributed by atoms with Crippen LogP contribution in [0.2, 0.25) is 0 Å². The van der Waals surface area contributed by atoms with Crippen LogP contribution in [-0.4, -0.2) is 44.8 Å². The number of aliphatic imine (C=N–C) groups is 2. The minimum absolute atomic E-state index is 0.0931. The van der Waals surface area contributed by atoms with Crippen molar-refractivity contribution in [2.75, 3.05) is 12.4 Å². The molecule has 1 aromatic carbocycles. The molecule has 0 aliphatic carbocycles. The van der Waals surface area contributed by atoms with Crippen molar-refractivity contribution in [3.63, 3.8) is 0 Å². The Kier molecular flexibility index (Phi) is 4.40. The predicted molar refractivity (Wildman–Crippen MR) is 99.3 cm³/mol.